The van der Waals surface area contributed by atoms with Gasteiger partial charge in [-0.15, -0.1) is 0 Å². The summed E-state index contributed by atoms with van der Waals surface area (Å²) >= 11 is 0. The molecule has 90 valence electrons. The van der Waals surface area contributed by atoms with E-state index in [1.165, 1.54) is 5.56 Å². The Hall–Kier alpha value is -1.61. The molecule has 0 amide bonds. The summed E-state index contributed by atoms with van der Waals surface area (Å²) in [7, 11) is 0. The predicted molar refractivity (Wildman–Crippen MR) is 67.7 cm³/mol. The van der Waals surface area contributed by atoms with E-state index in [2.05, 4.69) is 43.1 Å². The Morgan fingerprint density at radius 3 is 2.59 bits per heavy atom. The van der Waals surface area contributed by atoms with Gasteiger partial charge in [-0.3, -0.25) is 0 Å². The number of aryl methyl sites for hydroxylation is 2. The Bertz CT molecular complexity index is 473. The Balaban J connectivity index is 2.05. The van der Waals surface area contributed by atoms with E-state index in [9.17, 15) is 5.11 Å². The highest BCUT2D eigenvalue weighted by molar-refractivity contribution is 5.22. The molecular formula is C14H18N2O. The fourth-order valence-electron chi connectivity index (χ4n) is 1.77. The van der Waals surface area contributed by atoms with Crippen LogP contribution < -0.4 is 0 Å². The van der Waals surface area contributed by atoms with E-state index < -0.39 is 6.10 Å². The minimum atomic E-state index is -0.523. The lowest BCUT2D eigenvalue weighted by molar-refractivity contribution is 0.174. The molecule has 1 aromatic carbocycles. The zero-order chi connectivity index (χ0) is 12.3. The van der Waals surface area contributed by atoms with Crippen LogP contribution in [0.3, 0.4) is 0 Å². The summed E-state index contributed by atoms with van der Waals surface area (Å²) in [6.45, 7) is 4.99. The highest BCUT2D eigenvalue weighted by atomic mass is 16.3. The zero-order valence-electron chi connectivity index (χ0n) is 10.3. The van der Waals surface area contributed by atoms with E-state index in [0.29, 0.717) is 6.42 Å². The van der Waals surface area contributed by atoms with Gasteiger partial charge in [-0.05, 0) is 19.4 Å². The lowest BCUT2D eigenvalue weighted by Crippen LogP contribution is -2.02. The van der Waals surface area contributed by atoms with Crippen LogP contribution in [0.4, 0.5) is 0 Å². The number of imidazole rings is 1. The van der Waals surface area contributed by atoms with Crippen LogP contribution in [0.2, 0.25) is 0 Å². The predicted octanol–water partition coefficient (Wildman–Crippen LogP) is 2.49. The molecule has 0 spiro atoms. The van der Waals surface area contributed by atoms with Crippen molar-refractivity contribution in [3.05, 3.63) is 53.6 Å². The molecule has 0 aliphatic rings. The highest BCUT2D eigenvalue weighted by Crippen LogP contribution is 2.16. The Morgan fingerprint density at radius 2 is 2.00 bits per heavy atom. The van der Waals surface area contributed by atoms with Crippen LogP contribution in [-0.2, 0) is 13.0 Å². The van der Waals surface area contributed by atoms with Gasteiger partial charge in [0.05, 0.1) is 12.0 Å². The third kappa shape index (κ3) is 2.94. The number of aliphatic hydroxyl groups excluding tert-OH is 1. The molecular weight excluding hydrogens is 212 g/mol. The molecule has 0 aliphatic heterocycles. The number of benzene rings is 1. The molecule has 1 aromatic heterocycles. The normalized spacial score (nSPS) is 12.6. The second kappa shape index (κ2) is 5.15. The first-order chi connectivity index (χ1) is 8.19. The van der Waals surface area contributed by atoms with Crippen molar-refractivity contribution in [2.75, 3.05) is 0 Å². The molecule has 0 bridgehead atoms. The average molecular weight is 230 g/mol. The van der Waals surface area contributed by atoms with Crippen molar-refractivity contribution in [3.8, 4) is 0 Å². The van der Waals surface area contributed by atoms with Gasteiger partial charge in [-0.25, -0.2) is 4.98 Å². The van der Waals surface area contributed by atoms with E-state index in [0.717, 1.165) is 17.8 Å². The number of hydrogen-bond donors (Lipinski definition) is 1. The largest absolute Gasteiger partial charge is 0.386 e. The Morgan fingerprint density at radius 1 is 1.29 bits per heavy atom. The first kappa shape index (κ1) is 11.9. The number of aliphatic hydroxyl groups is 1. The molecule has 1 unspecified atom stereocenters. The van der Waals surface area contributed by atoms with Gasteiger partial charge in [0.2, 0.25) is 0 Å². The molecule has 0 fully saturated rings. The maximum atomic E-state index is 10.1. The van der Waals surface area contributed by atoms with Crippen LogP contribution in [-0.4, -0.2) is 14.7 Å². The third-order valence-corrected chi connectivity index (χ3v) is 2.91. The maximum absolute atomic E-state index is 10.1. The molecule has 2 aromatic rings. The highest BCUT2D eigenvalue weighted by Gasteiger charge is 2.11. The summed E-state index contributed by atoms with van der Waals surface area (Å²) in [5.74, 6) is 0. The fourth-order valence-corrected chi connectivity index (χ4v) is 1.77. The monoisotopic (exact) mass is 230 g/mol. The van der Waals surface area contributed by atoms with Crippen molar-refractivity contribution < 1.29 is 5.11 Å². The SMILES string of the molecule is CCn1cnc(C(O)Cc2ccc(C)cc2)c1. The Labute approximate surface area is 102 Å². The molecule has 0 aliphatic carbocycles. The molecule has 0 radical (unpaired) electrons. The molecule has 3 nitrogen and oxygen atoms in total. The first-order valence-electron chi connectivity index (χ1n) is 5.94. The van der Waals surface area contributed by atoms with E-state index in [1.807, 2.05) is 10.8 Å². The van der Waals surface area contributed by atoms with Gasteiger partial charge in [-0.2, -0.15) is 0 Å². The quantitative estimate of drug-likeness (QED) is 0.876. The van der Waals surface area contributed by atoms with Gasteiger partial charge < -0.3 is 9.67 Å². The van der Waals surface area contributed by atoms with Gasteiger partial charge in [0.15, 0.2) is 0 Å². The average Bonchev–Trinajstić information content (AvgIpc) is 2.81. The minimum Gasteiger partial charge on any atom is -0.386 e. The fraction of sp³-hybridized carbons (Fsp3) is 0.357. The first-order valence-corrected chi connectivity index (χ1v) is 5.94. The molecule has 1 atom stereocenters. The third-order valence-electron chi connectivity index (χ3n) is 2.91. The Kier molecular flexibility index (Phi) is 3.59. The topological polar surface area (TPSA) is 38.0 Å². The van der Waals surface area contributed by atoms with E-state index in [1.54, 1.807) is 6.33 Å². The zero-order valence-corrected chi connectivity index (χ0v) is 10.3. The summed E-state index contributed by atoms with van der Waals surface area (Å²) in [5, 5.41) is 10.1. The van der Waals surface area contributed by atoms with Gasteiger partial charge in [0.1, 0.15) is 6.10 Å². The second-order valence-electron chi connectivity index (χ2n) is 4.33. The summed E-state index contributed by atoms with van der Waals surface area (Å²) in [6, 6.07) is 8.23. The lowest BCUT2D eigenvalue weighted by atomic mass is 10.0. The van der Waals surface area contributed by atoms with E-state index in [4.69, 9.17) is 0 Å². The summed E-state index contributed by atoms with van der Waals surface area (Å²) in [5.41, 5.74) is 3.11. The van der Waals surface area contributed by atoms with Crippen LogP contribution in [0.5, 0.6) is 0 Å². The number of hydrogen-bond acceptors (Lipinski definition) is 2. The van der Waals surface area contributed by atoms with Gasteiger partial charge >= 0.3 is 0 Å². The number of aromatic nitrogens is 2. The summed E-state index contributed by atoms with van der Waals surface area (Å²) in [6.07, 6.45) is 3.75. The number of rotatable bonds is 4. The molecule has 3 heteroatoms. The van der Waals surface area contributed by atoms with Gasteiger partial charge in [0, 0.05) is 19.2 Å². The van der Waals surface area contributed by atoms with Crippen molar-refractivity contribution in [1.29, 1.82) is 0 Å². The minimum absolute atomic E-state index is 0.523. The van der Waals surface area contributed by atoms with Crippen LogP contribution in [0.1, 0.15) is 29.8 Å². The molecule has 0 saturated carbocycles. The van der Waals surface area contributed by atoms with Crippen molar-refractivity contribution in [3.63, 3.8) is 0 Å². The smallest absolute Gasteiger partial charge is 0.101 e. The van der Waals surface area contributed by atoms with Crippen molar-refractivity contribution in [1.82, 2.24) is 9.55 Å². The van der Waals surface area contributed by atoms with E-state index >= 15 is 0 Å². The van der Waals surface area contributed by atoms with Crippen LogP contribution in [0, 0.1) is 6.92 Å². The molecule has 1 N–H and O–H groups in total. The van der Waals surface area contributed by atoms with Crippen LogP contribution >= 0.6 is 0 Å². The van der Waals surface area contributed by atoms with Gasteiger partial charge in [0.25, 0.3) is 0 Å². The molecule has 17 heavy (non-hydrogen) atoms. The molecule has 2 rings (SSSR count). The standard InChI is InChI=1S/C14H18N2O/c1-3-16-9-13(15-10-16)14(17)8-12-6-4-11(2)5-7-12/h4-7,9-10,14,17H,3,8H2,1-2H3. The molecule has 0 saturated heterocycles. The van der Waals surface area contributed by atoms with Gasteiger partial charge in [-0.1, -0.05) is 29.8 Å². The second-order valence-corrected chi connectivity index (χ2v) is 4.33. The van der Waals surface area contributed by atoms with E-state index in [-0.39, 0.29) is 0 Å². The molecule has 1 heterocycles. The maximum Gasteiger partial charge on any atom is 0.101 e. The number of nitrogens with zero attached hydrogens (tertiary/aromatic N) is 2. The summed E-state index contributed by atoms with van der Waals surface area (Å²) < 4.78 is 1.97. The summed E-state index contributed by atoms with van der Waals surface area (Å²) in [4.78, 5) is 4.21. The lowest BCUT2D eigenvalue weighted by Gasteiger charge is -2.08. The van der Waals surface area contributed by atoms with Crippen molar-refractivity contribution >= 4 is 0 Å². The van der Waals surface area contributed by atoms with Crippen LogP contribution in [0.25, 0.3) is 0 Å². The van der Waals surface area contributed by atoms with Crippen molar-refractivity contribution in [2.45, 2.75) is 32.9 Å². The van der Waals surface area contributed by atoms with Crippen LogP contribution in [0.15, 0.2) is 36.8 Å². The van der Waals surface area contributed by atoms with Crippen molar-refractivity contribution in [2.24, 2.45) is 0 Å².